The Morgan fingerprint density at radius 2 is 1.89 bits per heavy atom. The average Bonchev–Trinajstić information content (AvgIpc) is 2.87. The Morgan fingerprint density at radius 1 is 1.17 bits per heavy atom. The van der Waals surface area contributed by atoms with Crippen LogP contribution in [0.1, 0.15) is 10.6 Å². The van der Waals surface area contributed by atoms with Crippen molar-refractivity contribution in [2.24, 2.45) is 5.73 Å². The topological polar surface area (TPSA) is 70.3 Å². The van der Waals surface area contributed by atoms with E-state index in [0.717, 1.165) is 32.6 Å². The summed E-state index contributed by atoms with van der Waals surface area (Å²) in [5, 5.41) is 9.72. The zero-order valence-electron chi connectivity index (χ0n) is 10.6. The molecule has 0 aliphatic heterocycles. The number of hydrogen-bond donors (Lipinski definition) is 1. The molecular weight excluding hydrogens is 250 g/mol. The van der Waals surface area contributed by atoms with Gasteiger partial charge < -0.3 is 15.2 Å². The molecule has 18 heavy (non-hydrogen) atoms. The molecular formula is C12H15N3O2S. The Balaban J connectivity index is 2.54. The van der Waals surface area contributed by atoms with Crippen LogP contribution in [0.3, 0.4) is 0 Å². The first-order valence-electron chi connectivity index (χ1n) is 5.45. The number of hydrogen-bond acceptors (Lipinski definition) is 6. The number of benzene rings is 1. The molecule has 2 N–H and O–H groups in total. The first kappa shape index (κ1) is 12.8. The van der Waals surface area contributed by atoms with Gasteiger partial charge in [0, 0.05) is 6.54 Å². The number of methoxy groups -OCH3 is 2. The van der Waals surface area contributed by atoms with E-state index in [2.05, 4.69) is 10.2 Å². The molecule has 0 bridgehead atoms. The molecule has 0 aliphatic carbocycles. The van der Waals surface area contributed by atoms with E-state index in [1.807, 2.05) is 19.1 Å². The van der Waals surface area contributed by atoms with Crippen LogP contribution < -0.4 is 15.2 Å². The minimum Gasteiger partial charge on any atom is -0.496 e. The van der Waals surface area contributed by atoms with Gasteiger partial charge in [0.25, 0.3) is 0 Å². The third kappa shape index (κ3) is 2.30. The molecule has 0 spiro atoms. The van der Waals surface area contributed by atoms with Crippen LogP contribution in [-0.4, -0.2) is 24.4 Å². The van der Waals surface area contributed by atoms with Crippen molar-refractivity contribution in [2.75, 3.05) is 14.2 Å². The molecule has 1 aromatic heterocycles. The number of aromatic nitrogens is 2. The van der Waals surface area contributed by atoms with Crippen molar-refractivity contribution < 1.29 is 9.47 Å². The lowest BCUT2D eigenvalue weighted by molar-refractivity contribution is 0.402. The second-order valence-corrected chi connectivity index (χ2v) is 4.79. The van der Waals surface area contributed by atoms with Crippen molar-refractivity contribution in [1.82, 2.24) is 10.2 Å². The molecule has 0 saturated heterocycles. The average molecular weight is 265 g/mol. The molecule has 96 valence electrons. The van der Waals surface area contributed by atoms with Crippen LogP contribution in [0.2, 0.25) is 0 Å². The molecule has 5 nitrogen and oxygen atoms in total. The maximum atomic E-state index is 5.54. The van der Waals surface area contributed by atoms with E-state index < -0.39 is 0 Å². The van der Waals surface area contributed by atoms with Gasteiger partial charge in [0.1, 0.15) is 16.5 Å². The van der Waals surface area contributed by atoms with Crippen molar-refractivity contribution in [3.63, 3.8) is 0 Å². The van der Waals surface area contributed by atoms with Crippen molar-refractivity contribution in [2.45, 2.75) is 13.5 Å². The molecule has 0 fully saturated rings. The predicted octanol–water partition coefficient (Wildman–Crippen LogP) is 1.99. The lowest BCUT2D eigenvalue weighted by atomic mass is 10.1. The molecule has 2 rings (SSSR count). The zero-order valence-corrected chi connectivity index (χ0v) is 11.4. The Morgan fingerprint density at radius 3 is 2.44 bits per heavy atom. The molecule has 2 aromatic rings. The van der Waals surface area contributed by atoms with E-state index in [-0.39, 0.29) is 0 Å². The third-order valence-corrected chi connectivity index (χ3v) is 3.57. The molecule has 0 aliphatic rings. The van der Waals surface area contributed by atoms with Crippen LogP contribution in [0.4, 0.5) is 0 Å². The molecule has 0 radical (unpaired) electrons. The largest absolute Gasteiger partial charge is 0.496 e. The number of nitrogens with two attached hydrogens (primary N) is 1. The number of aryl methyl sites for hydroxylation is 1. The predicted molar refractivity (Wildman–Crippen MR) is 71.1 cm³/mol. The standard InChI is InChI=1S/C12H15N3O2S/c1-7-4-10(17-3)8(5-9(7)16-2)12-15-14-11(6-13)18-12/h4-5H,6,13H2,1-3H3. The monoisotopic (exact) mass is 265 g/mol. The van der Waals surface area contributed by atoms with Crippen LogP contribution in [0.5, 0.6) is 11.5 Å². The Labute approximate surface area is 110 Å². The van der Waals surface area contributed by atoms with Crippen molar-refractivity contribution in [1.29, 1.82) is 0 Å². The molecule has 0 unspecified atom stereocenters. The molecule has 0 atom stereocenters. The highest BCUT2D eigenvalue weighted by Crippen LogP contribution is 2.37. The van der Waals surface area contributed by atoms with Gasteiger partial charge in [-0.15, -0.1) is 10.2 Å². The van der Waals surface area contributed by atoms with E-state index in [1.54, 1.807) is 14.2 Å². The summed E-state index contributed by atoms with van der Waals surface area (Å²) in [6, 6.07) is 3.84. The van der Waals surface area contributed by atoms with Gasteiger partial charge in [-0.05, 0) is 24.6 Å². The lowest BCUT2D eigenvalue weighted by Crippen LogP contribution is -1.94. The van der Waals surface area contributed by atoms with Gasteiger partial charge in [-0.2, -0.15) is 0 Å². The van der Waals surface area contributed by atoms with E-state index in [0.29, 0.717) is 6.54 Å². The summed E-state index contributed by atoms with van der Waals surface area (Å²) in [4.78, 5) is 0. The van der Waals surface area contributed by atoms with Crippen LogP contribution >= 0.6 is 11.3 Å². The van der Waals surface area contributed by atoms with Crippen molar-refractivity contribution >= 4 is 11.3 Å². The first-order valence-corrected chi connectivity index (χ1v) is 6.26. The quantitative estimate of drug-likeness (QED) is 0.915. The summed E-state index contributed by atoms with van der Waals surface area (Å²) >= 11 is 1.46. The molecule has 1 heterocycles. The Kier molecular flexibility index (Phi) is 3.78. The fraction of sp³-hybridized carbons (Fsp3) is 0.333. The summed E-state index contributed by atoms with van der Waals surface area (Å²) in [5.41, 5.74) is 7.43. The number of ether oxygens (including phenoxy) is 2. The van der Waals surface area contributed by atoms with Gasteiger partial charge in [-0.25, -0.2) is 0 Å². The molecule has 0 saturated carbocycles. The second kappa shape index (κ2) is 5.32. The van der Waals surface area contributed by atoms with Crippen LogP contribution in [0.15, 0.2) is 12.1 Å². The van der Waals surface area contributed by atoms with Gasteiger partial charge in [0.15, 0.2) is 5.01 Å². The third-order valence-electron chi connectivity index (χ3n) is 2.59. The minimum absolute atomic E-state index is 0.392. The Hall–Kier alpha value is -1.66. The van der Waals surface area contributed by atoms with Crippen molar-refractivity contribution in [3.8, 4) is 22.1 Å². The summed E-state index contributed by atoms with van der Waals surface area (Å²) in [6.07, 6.45) is 0. The lowest BCUT2D eigenvalue weighted by Gasteiger charge is -2.10. The fourth-order valence-electron chi connectivity index (χ4n) is 1.66. The SMILES string of the molecule is COc1cc(-c2nnc(CN)s2)c(OC)cc1C. The van der Waals surface area contributed by atoms with Gasteiger partial charge in [0.05, 0.1) is 19.8 Å². The summed E-state index contributed by atoms with van der Waals surface area (Å²) < 4.78 is 10.7. The minimum atomic E-state index is 0.392. The molecule has 6 heteroatoms. The van der Waals surface area contributed by atoms with E-state index in [1.165, 1.54) is 11.3 Å². The summed E-state index contributed by atoms with van der Waals surface area (Å²) in [5.74, 6) is 1.56. The zero-order chi connectivity index (χ0) is 13.1. The maximum Gasteiger partial charge on any atom is 0.151 e. The smallest absolute Gasteiger partial charge is 0.151 e. The summed E-state index contributed by atoms with van der Waals surface area (Å²) in [7, 11) is 3.28. The van der Waals surface area contributed by atoms with E-state index in [9.17, 15) is 0 Å². The van der Waals surface area contributed by atoms with Gasteiger partial charge >= 0.3 is 0 Å². The van der Waals surface area contributed by atoms with Gasteiger partial charge in [-0.1, -0.05) is 11.3 Å². The second-order valence-electron chi connectivity index (χ2n) is 3.73. The number of nitrogens with zero attached hydrogens (tertiary/aromatic N) is 2. The normalized spacial score (nSPS) is 10.4. The van der Waals surface area contributed by atoms with Gasteiger partial charge in [-0.3, -0.25) is 0 Å². The van der Waals surface area contributed by atoms with Crippen LogP contribution in [0, 0.1) is 6.92 Å². The van der Waals surface area contributed by atoms with Crippen LogP contribution in [0.25, 0.3) is 10.6 Å². The molecule has 0 amide bonds. The fourth-order valence-corrected chi connectivity index (χ4v) is 2.40. The van der Waals surface area contributed by atoms with Crippen LogP contribution in [-0.2, 0) is 6.54 Å². The van der Waals surface area contributed by atoms with Gasteiger partial charge in [0.2, 0.25) is 0 Å². The first-order chi connectivity index (χ1) is 8.69. The maximum absolute atomic E-state index is 5.54. The molecule has 1 aromatic carbocycles. The van der Waals surface area contributed by atoms with E-state index >= 15 is 0 Å². The summed E-state index contributed by atoms with van der Waals surface area (Å²) in [6.45, 7) is 2.36. The number of rotatable bonds is 4. The highest BCUT2D eigenvalue weighted by Gasteiger charge is 2.14. The highest BCUT2D eigenvalue weighted by molar-refractivity contribution is 7.14. The highest BCUT2D eigenvalue weighted by atomic mass is 32.1. The Bertz CT molecular complexity index is 554. The van der Waals surface area contributed by atoms with E-state index in [4.69, 9.17) is 15.2 Å². The van der Waals surface area contributed by atoms with Crippen molar-refractivity contribution in [3.05, 3.63) is 22.7 Å².